The van der Waals surface area contributed by atoms with Gasteiger partial charge in [0.15, 0.2) is 0 Å². The number of pyridine rings is 1. The van der Waals surface area contributed by atoms with E-state index in [9.17, 15) is 9.59 Å². The van der Waals surface area contributed by atoms with Crippen molar-refractivity contribution in [2.75, 3.05) is 6.61 Å². The lowest BCUT2D eigenvalue weighted by molar-refractivity contribution is -0.0233. The number of hydrogen-bond donors (Lipinski definition) is 2. The fourth-order valence-electron chi connectivity index (χ4n) is 2.36. The van der Waals surface area contributed by atoms with E-state index >= 15 is 0 Å². The van der Waals surface area contributed by atoms with Crippen LogP contribution in [0.3, 0.4) is 0 Å². The van der Waals surface area contributed by atoms with Gasteiger partial charge in [0.1, 0.15) is 11.4 Å². The van der Waals surface area contributed by atoms with Crippen LogP contribution in [0.15, 0.2) is 18.2 Å². The predicted molar refractivity (Wildman–Crippen MR) is 76.3 cm³/mol. The van der Waals surface area contributed by atoms with E-state index in [-0.39, 0.29) is 29.4 Å². The fourth-order valence-corrected chi connectivity index (χ4v) is 2.36. The zero-order chi connectivity index (χ0) is 15.4. The maximum Gasteiger partial charge on any atom is 0.354 e. The van der Waals surface area contributed by atoms with Gasteiger partial charge in [0.25, 0.3) is 5.91 Å². The molecule has 0 saturated carbocycles. The molecule has 0 spiro atoms. The number of hydrogen-bond acceptors (Lipinski definition) is 4. The third kappa shape index (κ3) is 4.01. The number of carbonyl (C=O) groups excluding carboxylic acids is 1. The number of nitrogens with one attached hydrogen (secondary N) is 1. The Kier molecular flexibility index (Phi) is 4.90. The molecular weight excluding hydrogens is 272 g/mol. The first-order valence-electron chi connectivity index (χ1n) is 7.10. The van der Waals surface area contributed by atoms with Crippen LogP contribution in [0, 0.1) is 5.92 Å². The van der Waals surface area contributed by atoms with Crippen molar-refractivity contribution < 1.29 is 19.4 Å². The maximum absolute atomic E-state index is 12.2. The summed E-state index contributed by atoms with van der Waals surface area (Å²) in [6.07, 6.45) is 1.66. The highest BCUT2D eigenvalue weighted by Crippen LogP contribution is 2.20. The summed E-state index contributed by atoms with van der Waals surface area (Å²) in [5.74, 6) is -1.08. The molecule has 21 heavy (non-hydrogen) atoms. The van der Waals surface area contributed by atoms with E-state index < -0.39 is 5.97 Å². The van der Waals surface area contributed by atoms with Crippen LogP contribution in [0.1, 0.15) is 47.7 Å². The standard InChI is InChI=1S/C15H20N2O4/c1-9(2)13-8-10(6-7-21-13)16-14(18)11-4-3-5-12(17-11)15(19)20/h3-5,9-10,13H,6-8H2,1-2H3,(H,16,18)(H,19,20). The molecule has 1 aliphatic heterocycles. The Labute approximate surface area is 123 Å². The molecule has 1 aromatic heterocycles. The molecule has 2 rings (SSSR count). The van der Waals surface area contributed by atoms with Gasteiger partial charge < -0.3 is 15.2 Å². The molecule has 6 nitrogen and oxygen atoms in total. The van der Waals surface area contributed by atoms with Gasteiger partial charge in [-0.1, -0.05) is 19.9 Å². The highest BCUT2D eigenvalue weighted by atomic mass is 16.5. The topological polar surface area (TPSA) is 88.5 Å². The minimum atomic E-state index is -1.14. The number of nitrogens with zero attached hydrogens (tertiary/aromatic N) is 1. The molecule has 0 bridgehead atoms. The third-order valence-corrected chi connectivity index (χ3v) is 3.59. The van der Waals surface area contributed by atoms with Crippen LogP contribution in [-0.2, 0) is 4.74 Å². The molecule has 0 aliphatic carbocycles. The van der Waals surface area contributed by atoms with E-state index in [2.05, 4.69) is 24.1 Å². The lowest BCUT2D eigenvalue weighted by Gasteiger charge is -2.32. The lowest BCUT2D eigenvalue weighted by atomic mass is 9.95. The van der Waals surface area contributed by atoms with Gasteiger partial charge in [-0.3, -0.25) is 4.79 Å². The monoisotopic (exact) mass is 292 g/mol. The Morgan fingerprint density at radius 1 is 1.38 bits per heavy atom. The van der Waals surface area contributed by atoms with Crippen LogP contribution in [0.4, 0.5) is 0 Å². The second-order valence-corrected chi connectivity index (χ2v) is 5.56. The van der Waals surface area contributed by atoms with Crippen LogP contribution in [0.25, 0.3) is 0 Å². The molecular formula is C15H20N2O4. The van der Waals surface area contributed by atoms with Gasteiger partial charge >= 0.3 is 5.97 Å². The van der Waals surface area contributed by atoms with Gasteiger partial charge in [0, 0.05) is 12.6 Å². The molecule has 0 radical (unpaired) electrons. The predicted octanol–water partition coefficient (Wildman–Crippen LogP) is 1.71. The Morgan fingerprint density at radius 3 is 2.76 bits per heavy atom. The summed E-state index contributed by atoms with van der Waals surface area (Å²) in [7, 11) is 0. The van der Waals surface area contributed by atoms with Crippen molar-refractivity contribution in [3.8, 4) is 0 Å². The Balaban J connectivity index is 2.01. The number of rotatable bonds is 4. The molecule has 1 aliphatic rings. The second-order valence-electron chi connectivity index (χ2n) is 5.56. The maximum atomic E-state index is 12.2. The largest absolute Gasteiger partial charge is 0.477 e. The first-order valence-corrected chi connectivity index (χ1v) is 7.10. The molecule has 2 N–H and O–H groups in total. The van der Waals surface area contributed by atoms with Gasteiger partial charge in [0.2, 0.25) is 0 Å². The van der Waals surface area contributed by atoms with Gasteiger partial charge in [0.05, 0.1) is 6.10 Å². The number of aromatic carboxylic acids is 1. The fraction of sp³-hybridized carbons (Fsp3) is 0.533. The van der Waals surface area contributed by atoms with Crippen LogP contribution >= 0.6 is 0 Å². The van der Waals surface area contributed by atoms with Crippen molar-refractivity contribution >= 4 is 11.9 Å². The molecule has 1 aromatic rings. The molecule has 0 aromatic carbocycles. The SMILES string of the molecule is CC(C)C1CC(NC(=O)c2cccc(C(=O)O)n2)CCO1. The first kappa shape index (κ1) is 15.4. The number of amides is 1. The second kappa shape index (κ2) is 6.67. The number of carbonyl (C=O) groups is 2. The summed E-state index contributed by atoms with van der Waals surface area (Å²) in [5.41, 5.74) is -0.00262. The highest BCUT2D eigenvalue weighted by Gasteiger charge is 2.26. The number of carboxylic acid groups (broad SMARTS) is 1. The van der Waals surface area contributed by atoms with E-state index in [1.165, 1.54) is 18.2 Å². The normalized spacial score (nSPS) is 22.0. The molecule has 2 heterocycles. The van der Waals surface area contributed by atoms with Gasteiger partial charge in [-0.25, -0.2) is 9.78 Å². The number of carboxylic acids is 1. The Hall–Kier alpha value is -1.95. The molecule has 2 unspecified atom stereocenters. The Morgan fingerprint density at radius 2 is 2.10 bits per heavy atom. The summed E-state index contributed by atoms with van der Waals surface area (Å²) >= 11 is 0. The average molecular weight is 292 g/mol. The molecule has 114 valence electrons. The van der Waals surface area contributed by atoms with Crippen molar-refractivity contribution in [3.05, 3.63) is 29.6 Å². The van der Waals surface area contributed by atoms with Crippen molar-refractivity contribution in [3.63, 3.8) is 0 Å². The van der Waals surface area contributed by atoms with Crippen molar-refractivity contribution in [2.24, 2.45) is 5.92 Å². The lowest BCUT2D eigenvalue weighted by Crippen LogP contribution is -2.43. The van der Waals surface area contributed by atoms with Crippen molar-refractivity contribution in [2.45, 2.75) is 38.8 Å². The molecule has 1 saturated heterocycles. The molecule has 2 atom stereocenters. The summed E-state index contributed by atoms with van der Waals surface area (Å²) in [5, 5.41) is 11.8. The minimum absolute atomic E-state index is 0.0361. The minimum Gasteiger partial charge on any atom is -0.477 e. The van der Waals surface area contributed by atoms with Crippen LogP contribution in [-0.4, -0.2) is 40.7 Å². The van der Waals surface area contributed by atoms with Gasteiger partial charge in [-0.2, -0.15) is 0 Å². The van der Waals surface area contributed by atoms with Crippen LogP contribution in [0.2, 0.25) is 0 Å². The summed E-state index contributed by atoms with van der Waals surface area (Å²) < 4.78 is 5.66. The van der Waals surface area contributed by atoms with E-state index in [1.807, 2.05) is 0 Å². The number of ether oxygens (including phenoxy) is 1. The molecule has 6 heteroatoms. The zero-order valence-corrected chi connectivity index (χ0v) is 12.2. The molecule has 1 amide bonds. The van der Waals surface area contributed by atoms with Crippen molar-refractivity contribution in [1.29, 1.82) is 0 Å². The smallest absolute Gasteiger partial charge is 0.354 e. The van der Waals surface area contributed by atoms with E-state index in [0.717, 1.165) is 12.8 Å². The van der Waals surface area contributed by atoms with E-state index in [0.29, 0.717) is 12.5 Å². The van der Waals surface area contributed by atoms with Crippen LogP contribution in [0.5, 0.6) is 0 Å². The third-order valence-electron chi connectivity index (χ3n) is 3.59. The summed E-state index contributed by atoms with van der Waals surface area (Å²) in [6, 6.07) is 4.43. The first-order chi connectivity index (χ1) is 9.97. The Bertz CT molecular complexity index is 530. The van der Waals surface area contributed by atoms with E-state index in [1.54, 1.807) is 0 Å². The number of aromatic nitrogens is 1. The van der Waals surface area contributed by atoms with Gasteiger partial charge in [-0.05, 0) is 30.9 Å². The average Bonchev–Trinajstić information content (AvgIpc) is 2.47. The van der Waals surface area contributed by atoms with Crippen LogP contribution < -0.4 is 5.32 Å². The highest BCUT2D eigenvalue weighted by molar-refractivity contribution is 5.94. The van der Waals surface area contributed by atoms with Crippen molar-refractivity contribution in [1.82, 2.24) is 10.3 Å². The summed E-state index contributed by atoms with van der Waals surface area (Å²) in [6.45, 7) is 4.80. The quantitative estimate of drug-likeness (QED) is 0.882. The molecule has 1 fully saturated rings. The zero-order valence-electron chi connectivity index (χ0n) is 12.2. The van der Waals surface area contributed by atoms with E-state index in [4.69, 9.17) is 9.84 Å². The van der Waals surface area contributed by atoms with Gasteiger partial charge in [-0.15, -0.1) is 0 Å². The summed E-state index contributed by atoms with van der Waals surface area (Å²) in [4.78, 5) is 26.9.